The number of carbonyl (C=O) groups is 1. The minimum atomic E-state index is -0.389. The zero-order valence-electron chi connectivity index (χ0n) is 19.7. The van der Waals surface area contributed by atoms with Gasteiger partial charge in [-0.15, -0.1) is 0 Å². The summed E-state index contributed by atoms with van der Waals surface area (Å²) in [5.41, 5.74) is 5.44. The van der Waals surface area contributed by atoms with Crippen LogP contribution in [0.4, 0.5) is 5.69 Å². The second-order valence-electron chi connectivity index (χ2n) is 8.62. The van der Waals surface area contributed by atoms with Crippen LogP contribution >= 0.6 is 12.2 Å². The summed E-state index contributed by atoms with van der Waals surface area (Å²) in [7, 11) is 1.37. The Bertz CT molecular complexity index is 1380. The van der Waals surface area contributed by atoms with E-state index >= 15 is 0 Å². The van der Waals surface area contributed by atoms with Gasteiger partial charge in [0.2, 0.25) is 0 Å². The van der Waals surface area contributed by atoms with Gasteiger partial charge in [0.1, 0.15) is 17.6 Å². The van der Waals surface area contributed by atoms with E-state index in [2.05, 4.69) is 47.2 Å². The van der Waals surface area contributed by atoms with Gasteiger partial charge in [-0.3, -0.25) is 4.98 Å². The molecular weight excluding hydrogens is 458 g/mol. The summed E-state index contributed by atoms with van der Waals surface area (Å²) < 4.78 is 11.3. The van der Waals surface area contributed by atoms with Crippen LogP contribution < -0.4 is 10.2 Å². The maximum Gasteiger partial charge on any atom is 0.337 e. The van der Waals surface area contributed by atoms with Gasteiger partial charge in [0.15, 0.2) is 5.11 Å². The first-order valence-corrected chi connectivity index (χ1v) is 11.7. The number of furan rings is 1. The van der Waals surface area contributed by atoms with Crippen molar-refractivity contribution in [1.82, 2.24) is 10.3 Å². The van der Waals surface area contributed by atoms with Crippen molar-refractivity contribution in [2.75, 3.05) is 12.0 Å². The van der Waals surface area contributed by atoms with Crippen LogP contribution in [0.15, 0.2) is 83.4 Å². The summed E-state index contributed by atoms with van der Waals surface area (Å²) in [4.78, 5) is 18.7. The van der Waals surface area contributed by atoms with Crippen molar-refractivity contribution in [3.05, 3.63) is 107 Å². The Balaban J connectivity index is 1.59. The third-order valence-corrected chi connectivity index (χ3v) is 6.38. The van der Waals surface area contributed by atoms with E-state index in [1.54, 1.807) is 18.3 Å². The summed E-state index contributed by atoms with van der Waals surface area (Å²) >= 11 is 5.82. The molecule has 35 heavy (non-hydrogen) atoms. The van der Waals surface area contributed by atoms with Crippen molar-refractivity contribution in [2.24, 2.45) is 0 Å². The predicted molar refractivity (Wildman–Crippen MR) is 139 cm³/mol. The highest BCUT2D eigenvalue weighted by molar-refractivity contribution is 7.80. The molecule has 2 atom stereocenters. The third kappa shape index (κ3) is 4.42. The summed E-state index contributed by atoms with van der Waals surface area (Å²) in [6, 6.07) is 22.9. The number of nitrogens with zero attached hydrogens (tertiary/aromatic N) is 2. The molecule has 5 rings (SSSR count). The van der Waals surface area contributed by atoms with Crippen LogP contribution in [0.2, 0.25) is 0 Å². The van der Waals surface area contributed by atoms with E-state index in [4.69, 9.17) is 21.4 Å². The van der Waals surface area contributed by atoms with Gasteiger partial charge in [-0.1, -0.05) is 24.3 Å². The lowest BCUT2D eigenvalue weighted by Crippen LogP contribution is -2.29. The molecule has 0 spiro atoms. The number of aromatic nitrogens is 1. The molecule has 0 saturated carbocycles. The lowest BCUT2D eigenvalue weighted by Gasteiger charge is -2.26. The highest BCUT2D eigenvalue weighted by Crippen LogP contribution is 2.43. The average molecular weight is 484 g/mol. The maximum absolute atomic E-state index is 12.0. The van der Waals surface area contributed by atoms with Crippen molar-refractivity contribution < 1.29 is 13.9 Å². The van der Waals surface area contributed by atoms with Crippen molar-refractivity contribution in [1.29, 1.82) is 0 Å². The van der Waals surface area contributed by atoms with Gasteiger partial charge in [0.05, 0.1) is 24.4 Å². The van der Waals surface area contributed by atoms with E-state index in [-0.39, 0.29) is 18.1 Å². The van der Waals surface area contributed by atoms with Crippen LogP contribution in [0, 0.1) is 13.8 Å². The molecular formula is C28H25N3O3S. The van der Waals surface area contributed by atoms with Crippen LogP contribution in [0.25, 0.3) is 11.3 Å². The number of benzene rings is 2. The summed E-state index contributed by atoms with van der Waals surface area (Å²) in [6.07, 6.45) is 1.78. The van der Waals surface area contributed by atoms with Crippen molar-refractivity contribution in [3.8, 4) is 11.3 Å². The minimum absolute atomic E-state index is 0.204. The quantitative estimate of drug-likeness (QED) is 0.279. The Hall–Kier alpha value is -3.97. The van der Waals surface area contributed by atoms with Gasteiger partial charge in [0.25, 0.3) is 0 Å². The first-order chi connectivity index (χ1) is 16.9. The molecule has 1 N–H and O–H groups in total. The Labute approximate surface area is 209 Å². The number of esters is 1. The monoisotopic (exact) mass is 483 g/mol. The van der Waals surface area contributed by atoms with Crippen molar-refractivity contribution >= 4 is 29.0 Å². The van der Waals surface area contributed by atoms with Crippen LogP contribution in [0.3, 0.4) is 0 Å². The van der Waals surface area contributed by atoms with Gasteiger partial charge in [0, 0.05) is 17.4 Å². The summed E-state index contributed by atoms with van der Waals surface area (Å²) in [5, 5.41) is 4.07. The van der Waals surface area contributed by atoms with Crippen molar-refractivity contribution in [2.45, 2.75) is 25.9 Å². The predicted octanol–water partition coefficient (Wildman–Crippen LogP) is 5.92. The van der Waals surface area contributed by atoms with E-state index in [1.165, 1.54) is 7.11 Å². The Morgan fingerprint density at radius 2 is 1.83 bits per heavy atom. The number of hydrogen-bond acceptors (Lipinski definition) is 5. The van der Waals surface area contributed by atoms with E-state index < -0.39 is 0 Å². The molecule has 1 aliphatic rings. The molecule has 7 heteroatoms. The molecule has 6 nitrogen and oxygen atoms in total. The van der Waals surface area contributed by atoms with E-state index in [9.17, 15) is 4.79 Å². The topological polar surface area (TPSA) is 67.6 Å². The molecule has 4 aromatic rings. The van der Waals surface area contributed by atoms with E-state index in [1.807, 2.05) is 42.5 Å². The number of thiocarbonyl (C=S) groups is 1. The standard InChI is InChI=1S/C28H25N3O3S/c1-17-13-18(2)15-21(14-17)31-26(25(30-28(31)35)22-9-4-5-12-29-22)24-11-10-23(34-24)19-7-6-8-20(16-19)27(32)33-3/h4-16,25-26H,1-3H3,(H,30,35). The molecule has 0 bridgehead atoms. The number of ether oxygens (including phenoxy) is 1. The highest BCUT2D eigenvalue weighted by Gasteiger charge is 2.42. The average Bonchev–Trinajstić information content (AvgIpc) is 3.48. The molecule has 0 radical (unpaired) electrons. The van der Waals surface area contributed by atoms with Crippen LogP contribution in [0.5, 0.6) is 0 Å². The minimum Gasteiger partial charge on any atom is -0.465 e. The van der Waals surface area contributed by atoms with E-state index in [0.29, 0.717) is 16.4 Å². The lowest BCUT2D eigenvalue weighted by molar-refractivity contribution is 0.0601. The third-order valence-electron chi connectivity index (χ3n) is 6.07. The fourth-order valence-corrected chi connectivity index (χ4v) is 4.94. The largest absolute Gasteiger partial charge is 0.465 e. The number of aryl methyl sites for hydroxylation is 2. The zero-order chi connectivity index (χ0) is 24.5. The molecule has 0 aliphatic carbocycles. The number of rotatable bonds is 5. The maximum atomic E-state index is 12.0. The number of pyridine rings is 1. The molecule has 1 aliphatic heterocycles. The van der Waals surface area contributed by atoms with Crippen LogP contribution in [-0.2, 0) is 4.74 Å². The first kappa shape index (κ1) is 22.8. The smallest absolute Gasteiger partial charge is 0.337 e. The zero-order valence-corrected chi connectivity index (χ0v) is 20.5. The Kier molecular flexibility index (Phi) is 6.09. The van der Waals surface area contributed by atoms with Gasteiger partial charge in [-0.25, -0.2) is 4.79 Å². The molecule has 1 fully saturated rings. The molecule has 2 aromatic carbocycles. The molecule has 176 valence electrons. The second-order valence-corrected chi connectivity index (χ2v) is 9.00. The van der Waals surface area contributed by atoms with Gasteiger partial charge < -0.3 is 19.4 Å². The number of hydrogen-bond donors (Lipinski definition) is 1. The van der Waals surface area contributed by atoms with Gasteiger partial charge in [-0.05, 0) is 85.7 Å². The van der Waals surface area contributed by atoms with Gasteiger partial charge in [-0.2, -0.15) is 0 Å². The number of nitrogens with one attached hydrogen (secondary N) is 1. The van der Waals surface area contributed by atoms with Gasteiger partial charge >= 0.3 is 5.97 Å². The number of carbonyl (C=O) groups excluding carboxylic acids is 1. The molecule has 2 unspecified atom stereocenters. The Morgan fingerprint density at radius 1 is 1.03 bits per heavy atom. The normalized spacial score (nSPS) is 17.3. The molecule has 3 heterocycles. The molecule has 1 saturated heterocycles. The Morgan fingerprint density at radius 3 is 2.54 bits per heavy atom. The van der Waals surface area contributed by atoms with Crippen molar-refractivity contribution in [3.63, 3.8) is 0 Å². The number of methoxy groups -OCH3 is 1. The number of anilines is 1. The fraction of sp³-hybridized carbons (Fsp3) is 0.179. The molecule has 2 aromatic heterocycles. The summed E-state index contributed by atoms with van der Waals surface area (Å²) in [6.45, 7) is 4.15. The second kappa shape index (κ2) is 9.35. The van der Waals surface area contributed by atoms with E-state index in [0.717, 1.165) is 33.8 Å². The van der Waals surface area contributed by atoms with Crippen LogP contribution in [0.1, 0.15) is 45.0 Å². The highest BCUT2D eigenvalue weighted by atomic mass is 32.1. The first-order valence-electron chi connectivity index (χ1n) is 11.3. The SMILES string of the molecule is COC(=O)c1cccc(-c2ccc(C3C(c4ccccn4)NC(=S)N3c3cc(C)cc(C)c3)o2)c1. The lowest BCUT2D eigenvalue weighted by atomic mass is 10.0. The summed E-state index contributed by atoms with van der Waals surface area (Å²) in [5.74, 6) is 1.01. The fourth-order valence-electron chi connectivity index (χ4n) is 4.60. The molecule has 0 amide bonds. The van der Waals surface area contributed by atoms with Crippen LogP contribution in [-0.4, -0.2) is 23.2 Å².